The van der Waals surface area contributed by atoms with Crippen LogP contribution in [0.4, 0.5) is 0 Å². The maximum atomic E-state index is 5.24. The molecule has 0 spiro atoms. The van der Waals surface area contributed by atoms with E-state index in [1.54, 1.807) is 4.80 Å². The van der Waals surface area contributed by atoms with Crippen LogP contribution in [0, 0.1) is 0 Å². The smallest absolute Gasteiger partial charge is 0.238 e. The molecule has 0 atom stereocenters. The normalized spacial score (nSPS) is 11.7. The number of aromatic nitrogens is 7. The van der Waals surface area contributed by atoms with E-state index in [-0.39, 0.29) is 0 Å². The van der Waals surface area contributed by atoms with Crippen molar-refractivity contribution >= 4 is 54.4 Å². The summed E-state index contributed by atoms with van der Waals surface area (Å²) in [5.74, 6) is 1.75. The van der Waals surface area contributed by atoms with Gasteiger partial charge in [0.25, 0.3) is 0 Å². The number of hydrogen-bond donors (Lipinski definition) is 0. The molecule has 0 amide bonds. The number of nitrogens with zero attached hydrogens (tertiary/aromatic N) is 7. The van der Waals surface area contributed by atoms with E-state index in [1.807, 2.05) is 42.5 Å². The number of fused-ring (bicyclic) bond motifs is 8. The maximum Gasteiger partial charge on any atom is 0.238 e. The van der Waals surface area contributed by atoms with Crippen LogP contribution in [0.2, 0.25) is 0 Å². The quantitative estimate of drug-likeness (QED) is 0.168. The third-order valence-corrected chi connectivity index (χ3v) is 10.3. The van der Waals surface area contributed by atoms with E-state index in [9.17, 15) is 0 Å². The van der Waals surface area contributed by atoms with E-state index in [2.05, 4.69) is 138 Å². The summed E-state index contributed by atoms with van der Waals surface area (Å²) in [6.45, 7) is 0. The fourth-order valence-electron chi connectivity index (χ4n) is 7.64. The highest BCUT2D eigenvalue weighted by Crippen LogP contribution is 2.36. The van der Waals surface area contributed by atoms with Crippen LogP contribution >= 0.6 is 0 Å². The Hall–Kier alpha value is -7.51. The molecule has 11 aromatic rings. The summed E-state index contributed by atoms with van der Waals surface area (Å²) >= 11 is 0. The van der Waals surface area contributed by atoms with E-state index < -0.39 is 0 Å². The molecular weight excluding hydrogens is 663 g/mol. The molecule has 0 fully saturated rings. The summed E-state index contributed by atoms with van der Waals surface area (Å²) in [4.78, 5) is 17.3. The molecule has 7 nitrogen and oxygen atoms in total. The highest BCUT2D eigenvalue weighted by molar-refractivity contribution is 6.19. The maximum absolute atomic E-state index is 5.24. The third-order valence-electron chi connectivity index (χ3n) is 10.3. The first-order valence-electron chi connectivity index (χ1n) is 17.9. The van der Waals surface area contributed by atoms with E-state index in [1.165, 1.54) is 0 Å². The first kappa shape index (κ1) is 30.1. The zero-order valence-corrected chi connectivity index (χ0v) is 28.9. The lowest BCUT2D eigenvalue weighted by Gasteiger charge is -2.12. The van der Waals surface area contributed by atoms with Crippen molar-refractivity contribution in [3.63, 3.8) is 0 Å². The number of para-hydroxylation sites is 3. The van der Waals surface area contributed by atoms with Crippen molar-refractivity contribution in [1.82, 2.24) is 34.5 Å². The average Bonchev–Trinajstić information content (AvgIpc) is 3.84. The van der Waals surface area contributed by atoms with E-state index in [0.717, 1.165) is 82.3 Å². The molecular formula is C47H29N7. The van der Waals surface area contributed by atoms with Gasteiger partial charge in [0.15, 0.2) is 11.6 Å². The Kier molecular flexibility index (Phi) is 6.72. The van der Waals surface area contributed by atoms with Crippen molar-refractivity contribution in [2.75, 3.05) is 0 Å². The molecule has 0 aliphatic carbocycles. The molecule has 11 rings (SSSR count). The molecule has 252 valence electrons. The molecule has 0 aliphatic rings. The topological polar surface area (TPSA) is 74.3 Å². The third kappa shape index (κ3) is 4.87. The van der Waals surface area contributed by atoms with E-state index >= 15 is 0 Å². The summed E-state index contributed by atoms with van der Waals surface area (Å²) < 4.78 is 2.15. The molecule has 0 saturated heterocycles. The summed E-state index contributed by atoms with van der Waals surface area (Å²) in [5.41, 5.74) is 8.75. The van der Waals surface area contributed by atoms with Gasteiger partial charge in [-0.05, 0) is 63.7 Å². The zero-order chi connectivity index (χ0) is 35.6. The van der Waals surface area contributed by atoms with Gasteiger partial charge in [-0.3, -0.25) is 4.57 Å². The minimum absolute atomic E-state index is 0.561. The largest absolute Gasteiger partial charge is 0.278 e. The molecule has 3 aromatic heterocycles. The summed E-state index contributed by atoms with van der Waals surface area (Å²) in [7, 11) is 0. The predicted octanol–water partition coefficient (Wildman–Crippen LogP) is 11.0. The Morgan fingerprint density at radius 2 is 0.944 bits per heavy atom. The second-order valence-electron chi connectivity index (χ2n) is 13.5. The van der Waals surface area contributed by atoms with Crippen LogP contribution in [-0.4, -0.2) is 34.5 Å². The molecule has 8 aromatic carbocycles. The van der Waals surface area contributed by atoms with Crippen LogP contribution in [0.5, 0.6) is 0 Å². The van der Waals surface area contributed by atoms with E-state index in [0.29, 0.717) is 17.6 Å². The molecule has 7 heteroatoms. The summed E-state index contributed by atoms with van der Waals surface area (Å²) in [6.07, 6.45) is 0. The van der Waals surface area contributed by atoms with Gasteiger partial charge in [0, 0.05) is 27.3 Å². The van der Waals surface area contributed by atoms with Crippen LogP contribution in [0.15, 0.2) is 176 Å². The van der Waals surface area contributed by atoms with Gasteiger partial charge in [-0.25, -0.2) is 4.98 Å². The number of hydrogen-bond acceptors (Lipinski definition) is 5. The van der Waals surface area contributed by atoms with Crippen molar-refractivity contribution in [2.45, 2.75) is 0 Å². The SMILES string of the molecule is c1ccc(-c2ccc(-c3nc(-c4ccc5ccc6ccc7nn(-c8ccccc8)nc7c6c5c4)nc(-n4c5ccccc5c5ccccc54)n3)cc2)cc1. The highest BCUT2D eigenvalue weighted by atomic mass is 15.5. The van der Waals surface area contributed by atoms with Gasteiger partial charge in [0.05, 0.1) is 16.7 Å². The van der Waals surface area contributed by atoms with Gasteiger partial charge >= 0.3 is 0 Å². The van der Waals surface area contributed by atoms with E-state index in [4.69, 9.17) is 25.1 Å². The highest BCUT2D eigenvalue weighted by Gasteiger charge is 2.19. The van der Waals surface area contributed by atoms with Crippen LogP contribution in [0.25, 0.3) is 99.9 Å². The van der Waals surface area contributed by atoms with Crippen molar-refractivity contribution < 1.29 is 0 Å². The molecule has 0 bridgehead atoms. The average molecular weight is 692 g/mol. The monoisotopic (exact) mass is 691 g/mol. The minimum Gasteiger partial charge on any atom is -0.278 e. The fraction of sp³-hybridized carbons (Fsp3) is 0. The Balaban J connectivity index is 1.14. The number of rotatable bonds is 5. The minimum atomic E-state index is 0.561. The molecule has 54 heavy (non-hydrogen) atoms. The van der Waals surface area contributed by atoms with Crippen LogP contribution in [0.3, 0.4) is 0 Å². The van der Waals surface area contributed by atoms with Crippen molar-refractivity contribution in [1.29, 1.82) is 0 Å². The first-order valence-corrected chi connectivity index (χ1v) is 17.9. The van der Waals surface area contributed by atoms with Gasteiger partial charge in [0.1, 0.15) is 11.0 Å². The molecule has 0 saturated carbocycles. The standard InChI is InChI=1S/C47H29N7/c1-3-11-30(12-4-1)31-19-24-34(25-20-31)45-48-46(50-47(49-45)53-41-17-9-7-15-37(41)38-16-8-10-18-42(38)53)35-26-22-32-21-23-33-27-28-40-44(43(33)39(32)29-35)52-54(51-40)36-13-5-2-6-14-36/h1-29H. The second kappa shape index (κ2) is 12.0. The lowest BCUT2D eigenvalue weighted by molar-refractivity contribution is 0.766. The van der Waals surface area contributed by atoms with Gasteiger partial charge in [-0.2, -0.15) is 14.8 Å². The van der Waals surface area contributed by atoms with Crippen molar-refractivity contribution in [3.05, 3.63) is 176 Å². The molecule has 3 heterocycles. The predicted molar refractivity (Wildman–Crippen MR) is 218 cm³/mol. The Bertz CT molecular complexity index is 3150. The van der Waals surface area contributed by atoms with Crippen LogP contribution in [0.1, 0.15) is 0 Å². The molecule has 0 aliphatic heterocycles. The van der Waals surface area contributed by atoms with Gasteiger partial charge in [0.2, 0.25) is 5.95 Å². The molecule has 0 unspecified atom stereocenters. The Morgan fingerprint density at radius 3 is 1.69 bits per heavy atom. The van der Waals surface area contributed by atoms with Crippen LogP contribution in [-0.2, 0) is 0 Å². The lowest BCUT2D eigenvalue weighted by atomic mass is 9.98. The summed E-state index contributed by atoms with van der Waals surface area (Å²) in [6, 6.07) is 60.6. The lowest BCUT2D eigenvalue weighted by Crippen LogP contribution is -2.06. The van der Waals surface area contributed by atoms with Crippen LogP contribution < -0.4 is 0 Å². The molecule has 0 N–H and O–H groups in total. The van der Waals surface area contributed by atoms with Gasteiger partial charge < -0.3 is 0 Å². The second-order valence-corrected chi connectivity index (χ2v) is 13.5. The van der Waals surface area contributed by atoms with Gasteiger partial charge in [-0.15, -0.1) is 10.2 Å². The zero-order valence-electron chi connectivity index (χ0n) is 28.9. The first-order chi connectivity index (χ1) is 26.7. The van der Waals surface area contributed by atoms with Gasteiger partial charge in [-0.1, -0.05) is 140 Å². The summed E-state index contributed by atoms with van der Waals surface area (Å²) in [5, 5.41) is 16.4. The number of benzene rings is 8. The Morgan fingerprint density at radius 1 is 0.389 bits per heavy atom. The Labute approximate surface area is 309 Å². The fourth-order valence-corrected chi connectivity index (χ4v) is 7.64. The van der Waals surface area contributed by atoms with Crippen molar-refractivity contribution in [3.8, 4) is 45.5 Å². The van der Waals surface area contributed by atoms with Crippen molar-refractivity contribution in [2.24, 2.45) is 0 Å². The molecule has 0 radical (unpaired) electrons.